The summed E-state index contributed by atoms with van der Waals surface area (Å²) >= 11 is 5.61. The van der Waals surface area contributed by atoms with Crippen molar-refractivity contribution in [3.63, 3.8) is 0 Å². The summed E-state index contributed by atoms with van der Waals surface area (Å²) in [5.74, 6) is -0.498. The minimum absolute atomic E-state index is 0.0426. The lowest BCUT2D eigenvalue weighted by molar-refractivity contribution is 0.206. The molecule has 0 aromatic heterocycles. The van der Waals surface area contributed by atoms with Crippen molar-refractivity contribution in [2.24, 2.45) is 0 Å². The van der Waals surface area contributed by atoms with Gasteiger partial charge < -0.3 is 10.2 Å². The van der Waals surface area contributed by atoms with Gasteiger partial charge in [-0.1, -0.05) is 24.6 Å². The molecule has 7 heteroatoms. The zero-order chi connectivity index (χ0) is 16.0. The van der Waals surface area contributed by atoms with Crippen LogP contribution in [-0.2, 0) is 17.3 Å². The highest BCUT2D eigenvalue weighted by molar-refractivity contribution is 7.84. The highest BCUT2D eigenvalue weighted by Gasteiger charge is 2.11. The largest absolute Gasteiger partial charge is 0.338 e. The Morgan fingerprint density at radius 1 is 1.52 bits per heavy atom. The molecule has 1 aromatic rings. The van der Waals surface area contributed by atoms with Gasteiger partial charge in [0.2, 0.25) is 0 Å². The molecule has 118 valence electrons. The molecule has 0 aliphatic heterocycles. The van der Waals surface area contributed by atoms with Gasteiger partial charge in [-0.05, 0) is 24.1 Å². The zero-order valence-corrected chi connectivity index (χ0v) is 13.9. The topological polar surface area (TPSA) is 49.4 Å². The molecule has 0 heterocycles. The van der Waals surface area contributed by atoms with Gasteiger partial charge in [-0.2, -0.15) is 0 Å². The summed E-state index contributed by atoms with van der Waals surface area (Å²) in [5, 5.41) is 2.85. The standard InChI is InChI=1S/C14H20ClFN2O2S/c1-10(21(3)20)6-7-17-14(19)18(2)9-11-4-5-12(15)13(16)8-11/h4-5,8,10H,6-7,9H2,1-3H3,(H,17,19)/t10-,21-/m1/s1. The zero-order valence-electron chi connectivity index (χ0n) is 12.4. The first-order chi connectivity index (χ1) is 9.81. The normalized spacial score (nSPS) is 13.6. The van der Waals surface area contributed by atoms with Crippen LogP contribution >= 0.6 is 11.6 Å². The molecule has 0 aliphatic rings. The van der Waals surface area contributed by atoms with Crippen LogP contribution in [0, 0.1) is 5.82 Å². The van der Waals surface area contributed by atoms with Crippen molar-refractivity contribution in [1.82, 2.24) is 10.2 Å². The number of hydrogen-bond acceptors (Lipinski definition) is 2. The number of carbonyl (C=O) groups excluding carboxylic acids is 1. The molecular formula is C14H20ClFN2O2S. The number of nitrogens with zero attached hydrogens (tertiary/aromatic N) is 1. The molecule has 21 heavy (non-hydrogen) atoms. The second-order valence-corrected chi connectivity index (χ2v) is 7.14. The third-order valence-corrected chi connectivity index (χ3v) is 4.82. The van der Waals surface area contributed by atoms with Crippen molar-refractivity contribution in [1.29, 1.82) is 0 Å². The minimum Gasteiger partial charge on any atom is -0.338 e. The summed E-state index contributed by atoms with van der Waals surface area (Å²) in [6.07, 6.45) is 2.30. The number of rotatable bonds is 6. The fourth-order valence-corrected chi connectivity index (χ4v) is 2.23. The Morgan fingerprint density at radius 2 is 2.19 bits per heavy atom. The Morgan fingerprint density at radius 3 is 2.76 bits per heavy atom. The lowest BCUT2D eigenvalue weighted by atomic mass is 10.2. The Kier molecular flexibility index (Phi) is 7.11. The molecular weight excluding hydrogens is 315 g/mol. The van der Waals surface area contributed by atoms with Gasteiger partial charge >= 0.3 is 6.03 Å². The summed E-state index contributed by atoms with van der Waals surface area (Å²) in [6, 6.07) is 4.21. The van der Waals surface area contributed by atoms with E-state index in [9.17, 15) is 13.4 Å². The Labute approximate surface area is 132 Å². The number of nitrogens with one attached hydrogen (secondary N) is 1. The fourth-order valence-electron chi connectivity index (χ4n) is 1.67. The third kappa shape index (κ3) is 6.01. The summed E-state index contributed by atoms with van der Waals surface area (Å²) in [6.45, 7) is 2.62. The Balaban J connectivity index is 2.43. The SMILES string of the molecule is C[C@H](CCNC(=O)N(C)Cc1ccc(Cl)c(F)c1)[S@@](C)=O. The number of carbonyl (C=O) groups is 1. The van der Waals surface area contributed by atoms with E-state index in [2.05, 4.69) is 5.32 Å². The van der Waals surface area contributed by atoms with E-state index in [0.717, 1.165) is 0 Å². The number of halogens is 2. The number of urea groups is 1. The molecule has 0 unspecified atom stereocenters. The van der Waals surface area contributed by atoms with Gasteiger partial charge in [-0.3, -0.25) is 4.21 Å². The highest BCUT2D eigenvalue weighted by Crippen LogP contribution is 2.16. The van der Waals surface area contributed by atoms with Crippen molar-refractivity contribution in [2.45, 2.75) is 25.1 Å². The van der Waals surface area contributed by atoms with E-state index in [0.29, 0.717) is 18.5 Å². The molecule has 0 spiro atoms. The Bertz CT molecular complexity index is 528. The van der Waals surface area contributed by atoms with Crippen LogP contribution in [-0.4, -0.2) is 40.2 Å². The molecule has 0 bridgehead atoms. The van der Waals surface area contributed by atoms with Crippen molar-refractivity contribution < 1.29 is 13.4 Å². The highest BCUT2D eigenvalue weighted by atomic mass is 35.5. The molecule has 0 saturated heterocycles. The average Bonchev–Trinajstić information content (AvgIpc) is 2.42. The first-order valence-corrected chi connectivity index (χ1v) is 8.56. The first kappa shape index (κ1) is 17.9. The van der Waals surface area contributed by atoms with Crippen LogP contribution in [0.5, 0.6) is 0 Å². The van der Waals surface area contributed by atoms with Gasteiger partial charge in [0.15, 0.2) is 0 Å². The number of benzene rings is 1. The molecule has 0 fully saturated rings. The fraction of sp³-hybridized carbons (Fsp3) is 0.500. The second kappa shape index (κ2) is 8.34. The van der Waals surface area contributed by atoms with Crippen LogP contribution in [0.25, 0.3) is 0 Å². The lowest BCUT2D eigenvalue weighted by Gasteiger charge is -2.19. The van der Waals surface area contributed by atoms with Gasteiger partial charge in [0.25, 0.3) is 0 Å². The summed E-state index contributed by atoms with van der Waals surface area (Å²) in [7, 11) is 0.737. The monoisotopic (exact) mass is 334 g/mol. The quantitative estimate of drug-likeness (QED) is 0.869. The smallest absolute Gasteiger partial charge is 0.317 e. The maximum Gasteiger partial charge on any atom is 0.317 e. The van der Waals surface area contributed by atoms with Gasteiger partial charge in [0.1, 0.15) is 5.82 Å². The predicted molar refractivity (Wildman–Crippen MR) is 84.4 cm³/mol. The molecule has 2 amide bonds. The van der Waals surface area contributed by atoms with E-state index in [1.54, 1.807) is 19.4 Å². The van der Waals surface area contributed by atoms with E-state index in [1.807, 2.05) is 6.92 Å². The number of amides is 2. The molecule has 4 nitrogen and oxygen atoms in total. The van der Waals surface area contributed by atoms with Crippen LogP contribution in [0.1, 0.15) is 18.9 Å². The van der Waals surface area contributed by atoms with E-state index in [4.69, 9.17) is 11.6 Å². The Hall–Kier alpha value is -1.14. The molecule has 0 aliphatic carbocycles. The minimum atomic E-state index is -0.891. The van der Waals surface area contributed by atoms with Gasteiger partial charge in [0, 0.05) is 42.4 Å². The molecule has 1 rings (SSSR count). The van der Waals surface area contributed by atoms with Crippen LogP contribution in [0.3, 0.4) is 0 Å². The van der Waals surface area contributed by atoms with Gasteiger partial charge in [-0.15, -0.1) is 0 Å². The van der Waals surface area contributed by atoms with Crippen molar-refractivity contribution in [3.8, 4) is 0 Å². The molecule has 2 atom stereocenters. The van der Waals surface area contributed by atoms with Crippen molar-refractivity contribution >= 4 is 28.4 Å². The van der Waals surface area contributed by atoms with E-state index < -0.39 is 16.6 Å². The first-order valence-electron chi connectivity index (χ1n) is 6.56. The lowest BCUT2D eigenvalue weighted by Crippen LogP contribution is -2.38. The van der Waals surface area contributed by atoms with Crippen molar-refractivity contribution in [2.75, 3.05) is 19.8 Å². The summed E-state index contributed by atoms with van der Waals surface area (Å²) in [4.78, 5) is 13.3. The molecule has 1 aromatic carbocycles. The van der Waals surface area contributed by atoms with Crippen molar-refractivity contribution in [3.05, 3.63) is 34.6 Å². The third-order valence-electron chi connectivity index (χ3n) is 3.14. The summed E-state index contributed by atoms with van der Waals surface area (Å²) < 4.78 is 24.5. The van der Waals surface area contributed by atoms with E-state index in [-0.39, 0.29) is 22.8 Å². The molecule has 0 radical (unpaired) electrons. The van der Waals surface area contributed by atoms with E-state index >= 15 is 0 Å². The van der Waals surface area contributed by atoms with Gasteiger partial charge in [0.05, 0.1) is 5.02 Å². The maximum absolute atomic E-state index is 13.3. The summed E-state index contributed by atoms with van der Waals surface area (Å²) in [5.41, 5.74) is 0.664. The van der Waals surface area contributed by atoms with Crippen LogP contribution in [0.4, 0.5) is 9.18 Å². The molecule has 1 N–H and O–H groups in total. The average molecular weight is 335 g/mol. The van der Waals surface area contributed by atoms with Crippen LogP contribution in [0.2, 0.25) is 5.02 Å². The molecule has 0 saturated carbocycles. The predicted octanol–water partition coefficient (Wildman–Crippen LogP) is 2.78. The maximum atomic E-state index is 13.3. The second-order valence-electron chi connectivity index (χ2n) is 4.93. The number of hydrogen-bond donors (Lipinski definition) is 1. The van der Waals surface area contributed by atoms with E-state index in [1.165, 1.54) is 17.0 Å². The van der Waals surface area contributed by atoms with Crippen LogP contribution < -0.4 is 5.32 Å². The van der Waals surface area contributed by atoms with Crippen LogP contribution in [0.15, 0.2) is 18.2 Å². The van der Waals surface area contributed by atoms with Gasteiger partial charge in [-0.25, -0.2) is 9.18 Å².